The highest BCUT2D eigenvalue weighted by Gasteiger charge is 2.47. The highest BCUT2D eigenvalue weighted by atomic mass is 28.4. The molecular weight excluding hydrogens is 573 g/mol. The zero-order valence-corrected chi connectivity index (χ0v) is 32.5. The Balaban J connectivity index is 2.09. The van der Waals surface area contributed by atoms with E-state index in [0.29, 0.717) is 11.8 Å². The molecule has 0 radical (unpaired) electrons. The quantitative estimate of drug-likeness (QED) is 0.0758. The minimum Gasteiger partial charge on any atom is -0.543 e. The van der Waals surface area contributed by atoms with Gasteiger partial charge in [-0.15, -0.1) is 0 Å². The molecule has 0 spiro atoms. The molecule has 0 aromatic heterocycles. The second-order valence-corrected chi connectivity index (χ2v) is 23.1. The monoisotopic (exact) mass is 642 g/mol. The van der Waals surface area contributed by atoms with E-state index in [2.05, 4.69) is 80.5 Å². The predicted molar refractivity (Wildman–Crippen MR) is 197 cm³/mol. The number of hydrogen-bond donors (Lipinski definition) is 0. The SMILES string of the molecule is CCCCCc1cc2c(c(O[Si](CCC)(CCC)CCC)c1)[C@@H]1C=C(CO[Si](CCC)(CCC)CCC)CC[C@H]1C(C)(C)O2. The van der Waals surface area contributed by atoms with Crippen LogP contribution < -0.4 is 9.16 Å². The first-order valence-electron chi connectivity index (χ1n) is 19.0. The molecule has 0 unspecified atom stereocenters. The van der Waals surface area contributed by atoms with Crippen LogP contribution in [-0.2, 0) is 10.8 Å². The lowest BCUT2D eigenvalue weighted by molar-refractivity contribution is 0.0103. The van der Waals surface area contributed by atoms with Gasteiger partial charge in [-0.2, -0.15) is 0 Å². The van der Waals surface area contributed by atoms with Crippen molar-refractivity contribution in [3.63, 3.8) is 0 Å². The van der Waals surface area contributed by atoms with Gasteiger partial charge in [-0.25, -0.2) is 0 Å². The smallest absolute Gasteiger partial charge is 0.251 e. The summed E-state index contributed by atoms with van der Waals surface area (Å²) in [5, 5.41) is 0. The van der Waals surface area contributed by atoms with Crippen LogP contribution in [0, 0.1) is 5.92 Å². The molecule has 1 aliphatic heterocycles. The molecule has 1 aromatic carbocycles. The minimum absolute atomic E-state index is 0.199. The second-order valence-electron chi connectivity index (χ2n) is 14.9. The predicted octanol–water partition coefficient (Wildman–Crippen LogP) is 12.8. The summed E-state index contributed by atoms with van der Waals surface area (Å²) in [4.78, 5) is 0. The van der Waals surface area contributed by atoms with E-state index in [4.69, 9.17) is 13.6 Å². The molecule has 0 N–H and O–H groups in total. The van der Waals surface area contributed by atoms with E-state index in [1.54, 1.807) is 0 Å². The van der Waals surface area contributed by atoms with Crippen molar-refractivity contribution < 1.29 is 13.6 Å². The van der Waals surface area contributed by atoms with Gasteiger partial charge >= 0.3 is 0 Å². The molecule has 1 aliphatic carbocycles. The molecule has 1 aromatic rings. The van der Waals surface area contributed by atoms with E-state index in [0.717, 1.165) is 31.6 Å². The second kappa shape index (κ2) is 17.8. The van der Waals surface area contributed by atoms with Crippen molar-refractivity contribution in [2.24, 2.45) is 5.92 Å². The van der Waals surface area contributed by atoms with Crippen molar-refractivity contribution in [3.8, 4) is 11.5 Å². The Bertz CT molecular complexity index is 998. The van der Waals surface area contributed by atoms with Crippen molar-refractivity contribution in [1.82, 2.24) is 0 Å². The molecule has 0 amide bonds. The third kappa shape index (κ3) is 9.50. The van der Waals surface area contributed by atoms with Crippen LogP contribution in [0.5, 0.6) is 11.5 Å². The average Bonchev–Trinajstić information content (AvgIpc) is 2.96. The molecule has 252 valence electrons. The molecule has 0 fully saturated rings. The van der Waals surface area contributed by atoms with Gasteiger partial charge < -0.3 is 13.6 Å². The molecular formula is C39H70O3Si2. The summed E-state index contributed by atoms with van der Waals surface area (Å²) in [5.41, 5.74) is 4.07. The van der Waals surface area contributed by atoms with Crippen LogP contribution in [0.25, 0.3) is 0 Å². The maximum Gasteiger partial charge on any atom is 0.251 e. The molecule has 0 bridgehead atoms. The van der Waals surface area contributed by atoms with Gasteiger partial charge in [0.05, 0.1) is 6.61 Å². The van der Waals surface area contributed by atoms with Crippen LogP contribution >= 0.6 is 0 Å². The van der Waals surface area contributed by atoms with Crippen LogP contribution in [0.3, 0.4) is 0 Å². The molecule has 3 rings (SSSR count). The lowest BCUT2D eigenvalue weighted by Gasteiger charge is -2.48. The standard InChI is InChI=1S/C39H70O3Si2/c1-10-17-18-19-32-29-36-38(37(30-32)42-44(25-14-5,26-15-6)27-16-7)34-28-33(20-21-35(34)39(8,9)41-36)31-40-43(22-11-2,23-12-3)24-13-4/h28-30,34-35H,10-27,31H2,1-9H3/t34-,35-/m1/s1. The van der Waals surface area contributed by atoms with Crippen molar-refractivity contribution in [2.45, 2.75) is 187 Å². The van der Waals surface area contributed by atoms with Gasteiger partial charge in [0.25, 0.3) is 8.32 Å². The van der Waals surface area contributed by atoms with Gasteiger partial charge in [-0.3, -0.25) is 0 Å². The number of rotatable bonds is 21. The lowest BCUT2D eigenvalue weighted by atomic mass is 9.68. The van der Waals surface area contributed by atoms with E-state index < -0.39 is 16.6 Å². The summed E-state index contributed by atoms with van der Waals surface area (Å²) < 4.78 is 21.6. The lowest BCUT2D eigenvalue weighted by Crippen LogP contribution is -2.46. The van der Waals surface area contributed by atoms with E-state index in [1.807, 2.05) is 0 Å². The Hall–Kier alpha value is -1.05. The Kier molecular flexibility index (Phi) is 15.1. The molecule has 0 saturated heterocycles. The van der Waals surface area contributed by atoms with Crippen molar-refractivity contribution in [2.75, 3.05) is 6.61 Å². The topological polar surface area (TPSA) is 27.7 Å². The fourth-order valence-corrected chi connectivity index (χ4v) is 17.6. The third-order valence-electron chi connectivity index (χ3n) is 10.6. The van der Waals surface area contributed by atoms with E-state index >= 15 is 0 Å². The van der Waals surface area contributed by atoms with Gasteiger partial charge in [0, 0.05) is 17.4 Å². The summed E-state index contributed by atoms with van der Waals surface area (Å²) in [7, 11) is -3.63. The van der Waals surface area contributed by atoms with E-state index in [1.165, 1.54) is 117 Å². The molecule has 44 heavy (non-hydrogen) atoms. The Morgan fingerprint density at radius 2 is 1.32 bits per heavy atom. The number of allylic oxidation sites excluding steroid dienone is 1. The highest BCUT2D eigenvalue weighted by Crippen LogP contribution is 2.54. The van der Waals surface area contributed by atoms with Gasteiger partial charge in [-0.1, -0.05) is 106 Å². The fraction of sp³-hybridized carbons (Fsp3) is 0.795. The van der Waals surface area contributed by atoms with Gasteiger partial charge in [0.15, 0.2) is 8.32 Å². The van der Waals surface area contributed by atoms with Gasteiger partial charge in [0.2, 0.25) is 0 Å². The Morgan fingerprint density at radius 3 is 1.86 bits per heavy atom. The molecule has 3 nitrogen and oxygen atoms in total. The zero-order valence-electron chi connectivity index (χ0n) is 30.5. The molecule has 5 heteroatoms. The number of aryl methyl sites for hydroxylation is 1. The summed E-state index contributed by atoms with van der Waals surface area (Å²) in [5.74, 6) is 3.05. The maximum atomic E-state index is 7.54. The van der Waals surface area contributed by atoms with Crippen LogP contribution in [0.4, 0.5) is 0 Å². The van der Waals surface area contributed by atoms with E-state index in [9.17, 15) is 0 Å². The first-order valence-corrected chi connectivity index (χ1v) is 24.1. The number of benzene rings is 1. The summed E-state index contributed by atoms with van der Waals surface area (Å²) in [6.45, 7) is 21.9. The Morgan fingerprint density at radius 1 is 0.750 bits per heavy atom. The van der Waals surface area contributed by atoms with Crippen LogP contribution in [0.1, 0.15) is 150 Å². The molecule has 2 atom stereocenters. The first-order chi connectivity index (χ1) is 21.2. The summed E-state index contributed by atoms with van der Waals surface area (Å²) >= 11 is 0. The normalized spacial score (nSPS) is 19.6. The van der Waals surface area contributed by atoms with Crippen molar-refractivity contribution in [3.05, 3.63) is 34.9 Å². The number of ether oxygens (including phenoxy) is 1. The van der Waals surface area contributed by atoms with Gasteiger partial charge in [0.1, 0.15) is 17.1 Å². The summed E-state index contributed by atoms with van der Waals surface area (Å²) in [6.07, 6.45) is 17.1. The van der Waals surface area contributed by atoms with Crippen LogP contribution in [-0.4, -0.2) is 28.8 Å². The zero-order chi connectivity index (χ0) is 32.2. The number of hydrogen-bond acceptors (Lipinski definition) is 3. The molecule has 1 heterocycles. The van der Waals surface area contributed by atoms with E-state index in [-0.39, 0.29) is 5.60 Å². The largest absolute Gasteiger partial charge is 0.543 e. The molecule has 0 saturated carbocycles. The fourth-order valence-electron chi connectivity index (χ4n) is 8.73. The Labute approximate surface area is 275 Å². The third-order valence-corrected chi connectivity index (χ3v) is 20.5. The first kappa shape index (κ1) is 37.4. The highest BCUT2D eigenvalue weighted by molar-refractivity contribution is 6.74. The van der Waals surface area contributed by atoms with Gasteiger partial charge in [-0.05, 0) is 99.1 Å². The minimum atomic E-state index is -1.93. The van der Waals surface area contributed by atoms with Crippen LogP contribution in [0.2, 0.25) is 36.3 Å². The maximum absolute atomic E-state index is 7.54. The summed E-state index contributed by atoms with van der Waals surface area (Å²) in [6, 6.07) is 12.5. The number of fused-ring (bicyclic) bond motifs is 3. The van der Waals surface area contributed by atoms with Crippen molar-refractivity contribution >= 4 is 16.6 Å². The number of unbranched alkanes of at least 4 members (excludes halogenated alkanes) is 2. The van der Waals surface area contributed by atoms with Crippen LogP contribution in [0.15, 0.2) is 23.8 Å². The average molecular weight is 643 g/mol. The van der Waals surface area contributed by atoms with Crippen molar-refractivity contribution in [1.29, 1.82) is 0 Å². The molecule has 2 aliphatic rings.